The lowest BCUT2D eigenvalue weighted by Crippen LogP contribution is -1.89. The molecule has 100 valence electrons. The molecule has 0 aliphatic rings. The molecule has 2 aromatic rings. The van der Waals surface area contributed by atoms with E-state index in [0.29, 0.717) is 14.2 Å². The molecule has 0 fully saturated rings. The molecule has 8 heteroatoms. The molecule has 0 aromatic carbocycles. The molecule has 0 amide bonds. The fraction of sp³-hybridized carbons (Fsp3) is 0.273. The number of aromatic nitrogens is 2. The summed E-state index contributed by atoms with van der Waals surface area (Å²) in [5.41, 5.74) is 0.907. The van der Waals surface area contributed by atoms with Gasteiger partial charge in [-0.25, -0.2) is 9.97 Å². The summed E-state index contributed by atoms with van der Waals surface area (Å²) in [6.07, 6.45) is 2.59. The molecule has 0 saturated carbocycles. The van der Waals surface area contributed by atoms with Gasteiger partial charge in [0, 0.05) is 23.3 Å². The highest BCUT2D eigenvalue weighted by Gasteiger charge is 2.22. The molecule has 0 aliphatic heterocycles. The van der Waals surface area contributed by atoms with Crippen molar-refractivity contribution in [1.82, 2.24) is 9.97 Å². The molecule has 19 heavy (non-hydrogen) atoms. The highest BCUT2D eigenvalue weighted by Crippen LogP contribution is 2.41. The van der Waals surface area contributed by atoms with Gasteiger partial charge in [0.05, 0.1) is 11.0 Å². The first-order valence-corrected chi connectivity index (χ1v) is 7.03. The fourth-order valence-electron chi connectivity index (χ4n) is 1.31. The van der Waals surface area contributed by atoms with Crippen molar-refractivity contribution in [2.45, 2.75) is 29.3 Å². The smallest absolute Gasteiger partial charge is 0.294 e. The highest BCUT2D eigenvalue weighted by molar-refractivity contribution is 8.01. The summed E-state index contributed by atoms with van der Waals surface area (Å²) >= 11 is 2.32. The van der Waals surface area contributed by atoms with Gasteiger partial charge in [-0.15, -0.1) is 11.3 Å². The Morgan fingerprint density at radius 1 is 1.47 bits per heavy atom. The minimum absolute atomic E-state index is 0.0184. The quantitative estimate of drug-likeness (QED) is 0.530. The van der Waals surface area contributed by atoms with Crippen LogP contribution < -0.4 is 0 Å². The second kappa shape index (κ2) is 5.64. The number of aryl methyl sites for hydroxylation is 1. The zero-order valence-corrected chi connectivity index (χ0v) is 11.9. The molecule has 2 heterocycles. The van der Waals surface area contributed by atoms with Gasteiger partial charge in [0.15, 0.2) is 5.16 Å². The fourth-order valence-corrected chi connectivity index (χ4v) is 3.39. The van der Waals surface area contributed by atoms with Gasteiger partial charge < -0.3 is 5.11 Å². The standard InChI is InChI=1S/C11H11N3O3S2/c1-6-4-12-11(13-5-6)19-10-8(14(16)17)3-9(18-10)7(2)15/h3-5,7,15H,1-2H3. The van der Waals surface area contributed by atoms with Gasteiger partial charge in [0.1, 0.15) is 4.21 Å². The van der Waals surface area contributed by atoms with E-state index in [1.165, 1.54) is 17.4 Å². The van der Waals surface area contributed by atoms with E-state index in [2.05, 4.69) is 9.97 Å². The van der Waals surface area contributed by atoms with E-state index in [4.69, 9.17) is 0 Å². The first-order valence-electron chi connectivity index (χ1n) is 5.40. The average molecular weight is 297 g/mol. The maximum absolute atomic E-state index is 11.0. The predicted octanol–water partition coefficient (Wildman–Crippen LogP) is 2.96. The normalized spacial score (nSPS) is 12.4. The number of aliphatic hydroxyl groups is 1. The van der Waals surface area contributed by atoms with Crippen LogP contribution in [-0.4, -0.2) is 20.0 Å². The average Bonchev–Trinajstić information content (AvgIpc) is 2.76. The maximum Gasteiger partial charge on any atom is 0.294 e. The van der Waals surface area contributed by atoms with Crippen molar-refractivity contribution >= 4 is 28.8 Å². The Hall–Kier alpha value is -1.51. The number of aliphatic hydroxyl groups excluding tert-OH is 1. The van der Waals surface area contributed by atoms with Gasteiger partial charge in [-0.3, -0.25) is 10.1 Å². The number of hydrogen-bond acceptors (Lipinski definition) is 7. The van der Waals surface area contributed by atoms with Crippen molar-refractivity contribution in [2.75, 3.05) is 0 Å². The van der Waals surface area contributed by atoms with Gasteiger partial charge >= 0.3 is 0 Å². The third-order valence-electron chi connectivity index (χ3n) is 2.25. The zero-order chi connectivity index (χ0) is 14.0. The van der Waals surface area contributed by atoms with Crippen LogP contribution >= 0.6 is 23.1 Å². The van der Waals surface area contributed by atoms with E-state index in [1.807, 2.05) is 6.92 Å². The van der Waals surface area contributed by atoms with Crippen LogP contribution in [0.5, 0.6) is 0 Å². The van der Waals surface area contributed by atoms with Crippen molar-refractivity contribution in [1.29, 1.82) is 0 Å². The SMILES string of the molecule is Cc1cnc(Sc2sc(C(C)O)cc2[N+](=O)[O-])nc1. The van der Waals surface area contributed by atoms with Crippen molar-refractivity contribution in [2.24, 2.45) is 0 Å². The second-order valence-corrected chi connectivity index (χ2v) is 6.22. The van der Waals surface area contributed by atoms with Crippen LogP contribution in [0.3, 0.4) is 0 Å². The Labute approximate surface area is 117 Å². The number of nitro groups is 1. The Bertz CT molecular complexity index is 596. The molecule has 2 rings (SSSR count). The molecular formula is C11H11N3O3S2. The Morgan fingerprint density at radius 2 is 2.11 bits per heavy atom. The summed E-state index contributed by atoms with van der Waals surface area (Å²) in [6, 6.07) is 1.39. The summed E-state index contributed by atoms with van der Waals surface area (Å²) in [4.78, 5) is 19.3. The van der Waals surface area contributed by atoms with Crippen LogP contribution in [0.1, 0.15) is 23.5 Å². The second-order valence-electron chi connectivity index (χ2n) is 3.90. The molecule has 6 nitrogen and oxygen atoms in total. The number of hydrogen-bond donors (Lipinski definition) is 1. The zero-order valence-electron chi connectivity index (χ0n) is 10.2. The topological polar surface area (TPSA) is 89.2 Å². The molecule has 0 spiro atoms. The van der Waals surface area contributed by atoms with Gasteiger partial charge in [0.25, 0.3) is 5.69 Å². The van der Waals surface area contributed by atoms with Gasteiger partial charge in [-0.05, 0) is 31.2 Å². The van der Waals surface area contributed by atoms with E-state index >= 15 is 0 Å². The monoisotopic (exact) mass is 297 g/mol. The van der Waals surface area contributed by atoms with Crippen LogP contribution in [0, 0.1) is 17.0 Å². The minimum Gasteiger partial charge on any atom is -0.388 e. The lowest BCUT2D eigenvalue weighted by Gasteiger charge is -1.98. The summed E-state index contributed by atoms with van der Waals surface area (Å²) in [6.45, 7) is 3.44. The maximum atomic E-state index is 11.0. The Balaban J connectivity index is 2.33. The van der Waals surface area contributed by atoms with Gasteiger partial charge in [-0.2, -0.15) is 0 Å². The van der Waals surface area contributed by atoms with Gasteiger partial charge in [-0.1, -0.05) is 0 Å². The van der Waals surface area contributed by atoms with Crippen LogP contribution in [0.2, 0.25) is 0 Å². The Kier molecular flexibility index (Phi) is 4.13. The van der Waals surface area contributed by atoms with E-state index in [9.17, 15) is 15.2 Å². The molecular weight excluding hydrogens is 286 g/mol. The third-order valence-corrected chi connectivity index (χ3v) is 4.63. The highest BCUT2D eigenvalue weighted by atomic mass is 32.2. The minimum atomic E-state index is -0.725. The summed E-state index contributed by atoms with van der Waals surface area (Å²) < 4.78 is 0.477. The molecule has 1 N–H and O–H groups in total. The van der Waals surface area contributed by atoms with Crippen LogP contribution in [0.15, 0.2) is 27.8 Å². The van der Waals surface area contributed by atoms with Crippen molar-refractivity contribution in [3.05, 3.63) is 39.0 Å². The van der Waals surface area contributed by atoms with E-state index in [0.717, 1.165) is 17.3 Å². The van der Waals surface area contributed by atoms with Crippen LogP contribution in [-0.2, 0) is 0 Å². The van der Waals surface area contributed by atoms with E-state index in [-0.39, 0.29) is 5.69 Å². The molecule has 1 atom stereocenters. The molecule has 0 radical (unpaired) electrons. The molecule has 0 bridgehead atoms. The first-order chi connectivity index (χ1) is 8.97. The first kappa shape index (κ1) is 13.9. The van der Waals surface area contributed by atoms with Crippen molar-refractivity contribution in [3.63, 3.8) is 0 Å². The van der Waals surface area contributed by atoms with Crippen molar-refractivity contribution < 1.29 is 10.0 Å². The summed E-state index contributed by atoms with van der Waals surface area (Å²) in [5.74, 6) is 0. The van der Waals surface area contributed by atoms with E-state index < -0.39 is 11.0 Å². The van der Waals surface area contributed by atoms with Crippen LogP contribution in [0.4, 0.5) is 5.69 Å². The molecule has 0 saturated heterocycles. The summed E-state index contributed by atoms with van der Waals surface area (Å²) in [5, 5.41) is 20.9. The Morgan fingerprint density at radius 3 is 2.63 bits per heavy atom. The summed E-state index contributed by atoms with van der Waals surface area (Å²) in [7, 11) is 0. The third kappa shape index (κ3) is 3.28. The van der Waals surface area contributed by atoms with Crippen molar-refractivity contribution in [3.8, 4) is 0 Å². The number of rotatable bonds is 4. The van der Waals surface area contributed by atoms with Gasteiger partial charge in [0.2, 0.25) is 0 Å². The van der Waals surface area contributed by atoms with E-state index in [1.54, 1.807) is 19.3 Å². The molecule has 1 unspecified atom stereocenters. The van der Waals surface area contributed by atoms with Crippen LogP contribution in [0.25, 0.3) is 0 Å². The molecule has 0 aliphatic carbocycles. The largest absolute Gasteiger partial charge is 0.388 e. The number of nitrogens with zero attached hydrogens (tertiary/aromatic N) is 3. The molecule has 2 aromatic heterocycles. The number of thiophene rings is 1. The lowest BCUT2D eigenvalue weighted by atomic mass is 10.3. The predicted molar refractivity (Wildman–Crippen MR) is 72.5 cm³/mol. The lowest BCUT2D eigenvalue weighted by molar-refractivity contribution is -0.387.